The topological polar surface area (TPSA) is 26.3 Å². The third-order valence-corrected chi connectivity index (χ3v) is 3.33. The molecule has 1 saturated heterocycles. The van der Waals surface area contributed by atoms with Crippen molar-refractivity contribution in [2.45, 2.75) is 38.4 Å². The molecule has 17 heavy (non-hydrogen) atoms. The second kappa shape index (κ2) is 5.15. The third-order valence-electron chi connectivity index (χ3n) is 2.96. The van der Waals surface area contributed by atoms with Gasteiger partial charge < -0.3 is 4.74 Å². The minimum Gasteiger partial charge on any atom is -0.367 e. The zero-order chi connectivity index (χ0) is 12.4. The van der Waals surface area contributed by atoms with E-state index in [-0.39, 0.29) is 30.2 Å². The van der Waals surface area contributed by atoms with E-state index in [1.807, 2.05) is 6.92 Å². The highest BCUT2D eigenvalue weighted by atomic mass is 35.5. The lowest BCUT2D eigenvalue weighted by Gasteiger charge is -2.10. The number of ether oxygens (including phenoxy) is 1. The number of halogens is 2. The summed E-state index contributed by atoms with van der Waals surface area (Å²) in [5.41, 5.74) is 0.528. The van der Waals surface area contributed by atoms with Crippen molar-refractivity contribution in [3.63, 3.8) is 0 Å². The summed E-state index contributed by atoms with van der Waals surface area (Å²) in [5.74, 6) is -0.403. The highest BCUT2D eigenvalue weighted by Crippen LogP contribution is 2.23. The van der Waals surface area contributed by atoms with Crippen molar-refractivity contribution in [3.05, 3.63) is 34.6 Å². The van der Waals surface area contributed by atoms with Crippen LogP contribution in [0.1, 0.15) is 25.3 Å². The molecular formula is C13H14ClFO2. The van der Waals surface area contributed by atoms with E-state index in [2.05, 4.69) is 0 Å². The number of carbonyl (C=O) groups is 1. The maximum atomic E-state index is 13.0. The highest BCUT2D eigenvalue weighted by molar-refractivity contribution is 6.31. The SMILES string of the molecule is CC1CCC(C(=O)Cc2cc(F)ccc2Cl)O1. The molecule has 1 aliphatic rings. The number of Topliss-reactive ketones (excluding diaryl/α,β-unsaturated/α-hetero) is 1. The Morgan fingerprint density at radius 3 is 2.94 bits per heavy atom. The molecule has 0 N–H and O–H groups in total. The van der Waals surface area contributed by atoms with Crippen LogP contribution in [0, 0.1) is 5.82 Å². The lowest BCUT2D eigenvalue weighted by molar-refractivity contribution is -0.128. The van der Waals surface area contributed by atoms with Crippen LogP contribution in [0.2, 0.25) is 5.02 Å². The minimum absolute atomic E-state index is 0.0261. The number of rotatable bonds is 3. The third kappa shape index (κ3) is 3.05. The van der Waals surface area contributed by atoms with Crippen molar-refractivity contribution in [2.75, 3.05) is 0 Å². The Hall–Kier alpha value is -0.930. The largest absolute Gasteiger partial charge is 0.367 e. The van der Waals surface area contributed by atoms with Crippen LogP contribution in [-0.4, -0.2) is 18.0 Å². The van der Waals surface area contributed by atoms with Gasteiger partial charge in [-0.15, -0.1) is 0 Å². The summed E-state index contributed by atoms with van der Waals surface area (Å²) in [4.78, 5) is 11.9. The number of benzene rings is 1. The fraction of sp³-hybridized carbons (Fsp3) is 0.462. The van der Waals surface area contributed by atoms with Gasteiger partial charge in [0, 0.05) is 11.4 Å². The van der Waals surface area contributed by atoms with Crippen molar-refractivity contribution < 1.29 is 13.9 Å². The number of ketones is 1. The molecule has 2 unspecified atom stereocenters. The number of hydrogen-bond acceptors (Lipinski definition) is 2. The van der Waals surface area contributed by atoms with E-state index >= 15 is 0 Å². The van der Waals surface area contributed by atoms with E-state index in [1.54, 1.807) is 0 Å². The van der Waals surface area contributed by atoms with E-state index in [0.717, 1.165) is 12.8 Å². The molecule has 0 amide bonds. The van der Waals surface area contributed by atoms with Crippen molar-refractivity contribution in [2.24, 2.45) is 0 Å². The lowest BCUT2D eigenvalue weighted by Crippen LogP contribution is -2.22. The van der Waals surface area contributed by atoms with Crippen LogP contribution < -0.4 is 0 Å². The molecule has 92 valence electrons. The van der Waals surface area contributed by atoms with E-state index in [4.69, 9.17) is 16.3 Å². The predicted octanol–water partition coefficient (Wildman–Crippen LogP) is 3.16. The molecule has 1 aromatic carbocycles. The maximum Gasteiger partial charge on any atom is 0.165 e. The molecular weight excluding hydrogens is 243 g/mol. The van der Waals surface area contributed by atoms with Gasteiger partial charge in [0.1, 0.15) is 11.9 Å². The first-order valence-electron chi connectivity index (χ1n) is 5.68. The number of hydrogen-bond donors (Lipinski definition) is 0. The maximum absolute atomic E-state index is 13.0. The second-order valence-corrected chi connectivity index (χ2v) is 4.80. The Bertz CT molecular complexity index is 433. The van der Waals surface area contributed by atoms with E-state index in [0.29, 0.717) is 10.6 Å². The van der Waals surface area contributed by atoms with Gasteiger partial charge in [-0.3, -0.25) is 4.79 Å². The fourth-order valence-electron chi connectivity index (χ4n) is 2.02. The summed E-state index contributed by atoms with van der Waals surface area (Å²) < 4.78 is 18.5. The highest BCUT2D eigenvalue weighted by Gasteiger charge is 2.28. The Morgan fingerprint density at radius 2 is 2.29 bits per heavy atom. The van der Waals surface area contributed by atoms with Crippen molar-refractivity contribution >= 4 is 17.4 Å². The van der Waals surface area contributed by atoms with Gasteiger partial charge in [0.15, 0.2) is 5.78 Å². The quantitative estimate of drug-likeness (QED) is 0.830. The van der Waals surface area contributed by atoms with Gasteiger partial charge in [-0.2, -0.15) is 0 Å². The molecule has 0 spiro atoms. The van der Waals surface area contributed by atoms with E-state index < -0.39 is 0 Å². The zero-order valence-electron chi connectivity index (χ0n) is 9.58. The average molecular weight is 257 g/mol. The molecule has 2 atom stereocenters. The molecule has 0 aliphatic carbocycles. The molecule has 0 radical (unpaired) electrons. The molecule has 0 saturated carbocycles. The minimum atomic E-state index is -0.377. The summed E-state index contributed by atoms with van der Waals surface area (Å²) in [6.45, 7) is 1.95. The molecule has 0 aromatic heterocycles. The van der Waals surface area contributed by atoms with Gasteiger partial charge in [-0.1, -0.05) is 11.6 Å². The van der Waals surface area contributed by atoms with Gasteiger partial charge in [0.2, 0.25) is 0 Å². The van der Waals surface area contributed by atoms with Gasteiger partial charge >= 0.3 is 0 Å². The van der Waals surface area contributed by atoms with Crippen LogP contribution in [0.15, 0.2) is 18.2 Å². The summed E-state index contributed by atoms with van der Waals surface area (Å²) >= 11 is 5.92. The van der Waals surface area contributed by atoms with Crippen LogP contribution in [0.4, 0.5) is 4.39 Å². The Labute approximate surface area is 105 Å². The molecule has 2 rings (SSSR count). The summed E-state index contributed by atoms with van der Waals surface area (Å²) in [6, 6.07) is 4.06. The molecule has 1 aliphatic heterocycles. The first kappa shape index (κ1) is 12.5. The van der Waals surface area contributed by atoms with Gasteiger partial charge in [0.25, 0.3) is 0 Å². The Balaban J connectivity index is 2.05. The summed E-state index contributed by atoms with van der Waals surface area (Å²) in [6.07, 6.45) is 1.55. The molecule has 1 aromatic rings. The summed E-state index contributed by atoms with van der Waals surface area (Å²) in [5, 5.41) is 0.422. The smallest absolute Gasteiger partial charge is 0.165 e. The normalized spacial score (nSPS) is 23.9. The zero-order valence-corrected chi connectivity index (χ0v) is 10.3. The van der Waals surface area contributed by atoms with Gasteiger partial charge in [-0.25, -0.2) is 4.39 Å². The molecule has 2 nitrogen and oxygen atoms in total. The average Bonchev–Trinajstić information content (AvgIpc) is 2.70. The van der Waals surface area contributed by atoms with Gasteiger partial charge in [-0.05, 0) is 43.5 Å². The van der Waals surface area contributed by atoms with Crippen LogP contribution >= 0.6 is 11.6 Å². The molecule has 4 heteroatoms. The van der Waals surface area contributed by atoms with E-state index in [9.17, 15) is 9.18 Å². The summed E-state index contributed by atoms with van der Waals surface area (Å²) in [7, 11) is 0. The Morgan fingerprint density at radius 1 is 1.53 bits per heavy atom. The van der Waals surface area contributed by atoms with Crippen molar-refractivity contribution in [1.29, 1.82) is 0 Å². The van der Waals surface area contributed by atoms with Crippen LogP contribution in [0.3, 0.4) is 0 Å². The van der Waals surface area contributed by atoms with E-state index in [1.165, 1.54) is 18.2 Å². The number of carbonyl (C=O) groups excluding carboxylic acids is 1. The first-order chi connectivity index (χ1) is 8.06. The second-order valence-electron chi connectivity index (χ2n) is 4.39. The predicted molar refractivity (Wildman–Crippen MR) is 63.7 cm³/mol. The lowest BCUT2D eigenvalue weighted by atomic mass is 10.0. The van der Waals surface area contributed by atoms with Crippen LogP contribution in [-0.2, 0) is 16.0 Å². The van der Waals surface area contributed by atoms with Crippen molar-refractivity contribution in [1.82, 2.24) is 0 Å². The van der Waals surface area contributed by atoms with Crippen LogP contribution in [0.25, 0.3) is 0 Å². The molecule has 1 heterocycles. The molecule has 0 bridgehead atoms. The standard InChI is InChI=1S/C13H14ClFO2/c1-8-2-5-13(17-8)12(16)7-9-6-10(15)3-4-11(9)14/h3-4,6,8,13H,2,5,7H2,1H3. The monoisotopic (exact) mass is 256 g/mol. The fourth-order valence-corrected chi connectivity index (χ4v) is 2.20. The van der Waals surface area contributed by atoms with Crippen LogP contribution in [0.5, 0.6) is 0 Å². The first-order valence-corrected chi connectivity index (χ1v) is 6.06. The van der Waals surface area contributed by atoms with Gasteiger partial charge in [0.05, 0.1) is 6.10 Å². The van der Waals surface area contributed by atoms with Crippen molar-refractivity contribution in [3.8, 4) is 0 Å². The Kier molecular flexibility index (Phi) is 3.79. The molecule has 1 fully saturated rings.